The molecule has 3 rings (SSSR count). The lowest BCUT2D eigenvalue weighted by Crippen LogP contribution is -2.40. The number of benzene rings is 2. The Hall–Kier alpha value is -2.99. The van der Waals surface area contributed by atoms with E-state index in [0.717, 1.165) is 31.5 Å². The third kappa shape index (κ3) is 5.50. The highest BCUT2D eigenvalue weighted by Crippen LogP contribution is 2.19. The molecule has 0 radical (unpaired) electrons. The third-order valence-electron chi connectivity index (χ3n) is 4.86. The number of nitrogens with zero attached hydrogens (tertiary/aromatic N) is 1. The molecule has 2 aromatic rings. The summed E-state index contributed by atoms with van der Waals surface area (Å²) in [6, 6.07) is 13.8. The zero-order valence-corrected chi connectivity index (χ0v) is 15.6. The second kappa shape index (κ2) is 9.28. The molecule has 1 unspecified atom stereocenters. The number of hydrogen-bond donors (Lipinski definition) is 2. The Balaban J connectivity index is 1.53. The molecule has 1 atom stereocenters. The Morgan fingerprint density at radius 3 is 2.64 bits per heavy atom. The maximum absolute atomic E-state index is 13.6. The quantitative estimate of drug-likeness (QED) is 0.755. The number of rotatable bonds is 6. The van der Waals surface area contributed by atoms with E-state index in [0.29, 0.717) is 17.8 Å². The van der Waals surface area contributed by atoms with Crippen LogP contribution in [0.25, 0.3) is 6.08 Å². The minimum absolute atomic E-state index is 0.0754. The van der Waals surface area contributed by atoms with Crippen molar-refractivity contribution in [1.82, 2.24) is 4.90 Å². The van der Waals surface area contributed by atoms with Crippen molar-refractivity contribution < 1.29 is 14.0 Å². The van der Waals surface area contributed by atoms with E-state index < -0.39 is 0 Å². The summed E-state index contributed by atoms with van der Waals surface area (Å²) in [5.74, 6) is -0.997. The van der Waals surface area contributed by atoms with E-state index in [4.69, 9.17) is 5.73 Å². The molecule has 0 bridgehead atoms. The van der Waals surface area contributed by atoms with Crippen molar-refractivity contribution in [2.45, 2.75) is 19.4 Å². The molecule has 146 valence electrons. The lowest BCUT2D eigenvalue weighted by atomic mass is 9.97. The Morgan fingerprint density at radius 1 is 1.18 bits per heavy atom. The number of nitrogens with two attached hydrogens (primary N) is 1. The largest absolute Gasteiger partial charge is 0.369 e. The molecular formula is C22H24FN3O2. The first-order chi connectivity index (χ1) is 13.5. The first kappa shape index (κ1) is 19.8. The molecule has 0 aliphatic carbocycles. The van der Waals surface area contributed by atoms with Crippen LogP contribution in [0.5, 0.6) is 0 Å². The molecule has 1 saturated heterocycles. The fourth-order valence-electron chi connectivity index (χ4n) is 3.34. The van der Waals surface area contributed by atoms with E-state index in [1.165, 1.54) is 18.2 Å². The van der Waals surface area contributed by atoms with Crippen molar-refractivity contribution in [3.8, 4) is 0 Å². The van der Waals surface area contributed by atoms with E-state index in [2.05, 4.69) is 10.2 Å². The molecule has 5 nitrogen and oxygen atoms in total. The average Bonchev–Trinajstić information content (AvgIpc) is 2.69. The minimum Gasteiger partial charge on any atom is -0.369 e. The van der Waals surface area contributed by atoms with Crippen molar-refractivity contribution in [1.29, 1.82) is 0 Å². The standard InChI is InChI=1S/C22H24FN3O2/c23-20-6-2-1-4-17(20)9-12-21(27)25-19-10-7-16(8-11-19)14-26-13-3-5-18(15-26)22(24)28/h1-2,4,6-12,18H,3,5,13-15H2,(H2,24,28)(H,25,27)/b12-9+. The predicted molar refractivity (Wildman–Crippen MR) is 108 cm³/mol. The molecule has 1 aliphatic rings. The van der Waals surface area contributed by atoms with Gasteiger partial charge in [0, 0.05) is 30.4 Å². The van der Waals surface area contributed by atoms with Crippen LogP contribution in [0, 0.1) is 11.7 Å². The molecule has 2 amide bonds. The fourth-order valence-corrected chi connectivity index (χ4v) is 3.34. The molecule has 1 aliphatic heterocycles. The minimum atomic E-state index is -0.368. The summed E-state index contributed by atoms with van der Waals surface area (Å²) in [5, 5.41) is 2.76. The van der Waals surface area contributed by atoms with Crippen LogP contribution < -0.4 is 11.1 Å². The zero-order valence-electron chi connectivity index (χ0n) is 15.6. The molecule has 3 N–H and O–H groups in total. The Labute approximate surface area is 164 Å². The van der Waals surface area contributed by atoms with Crippen LogP contribution in [0.15, 0.2) is 54.6 Å². The van der Waals surface area contributed by atoms with Gasteiger partial charge in [0.15, 0.2) is 0 Å². The lowest BCUT2D eigenvalue weighted by molar-refractivity contribution is -0.123. The highest BCUT2D eigenvalue weighted by Gasteiger charge is 2.23. The first-order valence-corrected chi connectivity index (χ1v) is 9.35. The summed E-state index contributed by atoms with van der Waals surface area (Å²) >= 11 is 0. The van der Waals surface area contributed by atoms with Crippen LogP contribution in [0.4, 0.5) is 10.1 Å². The van der Waals surface area contributed by atoms with Gasteiger partial charge in [-0.15, -0.1) is 0 Å². The predicted octanol–water partition coefficient (Wildman–Crippen LogP) is 3.17. The zero-order chi connectivity index (χ0) is 19.9. The summed E-state index contributed by atoms with van der Waals surface area (Å²) in [6.07, 6.45) is 4.59. The monoisotopic (exact) mass is 381 g/mol. The molecule has 2 aromatic carbocycles. The van der Waals surface area contributed by atoms with Crippen LogP contribution in [0.1, 0.15) is 24.0 Å². The number of anilines is 1. The SMILES string of the molecule is NC(=O)C1CCCN(Cc2ccc(NC(=O)/C=C/c3ccccc3F)cc2)C1. The molecule has 0 spiro atoms. The molecule has 0 aromatic heterocycles. The van der Waals surface area contributed by atoms with Gasteiger partial charge < -0.3 is 11.1 Å². The average molecular weight is 381 g/mol. The van der Waals surface area contributed by atoms with E-state index >= 15 is 0 Å². The van der Waals surface area contributed by atoms with Crippen LogP contribution in [0.2, 0.25) is 0 Å². The normalized spacial score (nSPS) is 17.5. The van der Waals surface area contributed by atoms with Gasteiger partial charge in [-0.1, -0.05) is 30.3 Å². The summed E-state index contributed by atoms with van der Waals surface area (Å²) in [4.78, 5) is 25.6. The van der Waals surface area contributed by atoms with Gasteiger partial charge in [0.05, 0.1) is 5.92 Å². The number of halogens is 1. The van der Waals surface area contributed by atoms with Gasteiger partial charge in [-0.05, 0) is 49.2 Å². The number of carbonyl (C=O) groups excluding carboxylic acids is 2. The van der Waals surface area contributed by atoms with Gasteiger partial charge in [0.2, 0.25) is 11.8 Å². The molecule has 6 heteroatoms. The van der Waals surface area contributed by atoms with E-state index in [-0.39, 0.29) is 23.5 Å². The van der Waals surface area contributed by atoms with Crippen LogP contribution in [-0.4, -0.2) is 29.8 Å². The number of piperidine rings is 1. The van der Waals surface area contributed by atoms with Crippen molar-refractivity contribution in [2.24, 2.45) is 11.7 Å². The van der Waals surface area contributed by atoms with Crippen molar-refractivity contribution >= 4 is 23.6 Å². The lowest BCUT2D eigenvalue weighted by Gasteiger charge is -2.31. The fraction of sp³-hybridized carbons (Fsp3) is 0.273. The van der Waals surface area contributed by atoms with Crippen molar-refractivity contribution in [2.75, 3.05) is 18.4 Å². The van der Waals surface area contributed by atoms with Crippen molar-refractivity contribution in [3.63, 3.8) is 0 Å². The summed E-state index contributed by atoms with van der Waals surface area (Å²) < 4.78 is 13.6. The smallest absolute Gasteiger partial charge is 0.248 e. The second-order valence-electron chi connectivity index (χ2n) is 7.02. The molecule has 28 heavy (non-hydrogen) atoms. The number of amides is 2. The molecule has 1 fully saturated rings. The van der Waals surface area contributed by atoms with Crippen LogP contribution in [-0.2, 0) is 16.1 Å². The summed E-state index contributed by atoms with van der Waals surface area (Å²) in [7, 11) is 0. The topological polar surface area (TPSA) is 75.4 Å². The summed E-state index contributed by atoms with van der Waals surface area (Å²) in [6.45, 7) is 2.38. The van der Waals surface area contributed by atoms with Crippen molar-refractivity contribution in [3.05, 3.63) is 71.6 Å². The number of carbonyl (C=O) groups is 2. The Kier molecular flexibility index (Phi) is 6.55. The van der Waals surface area contributed by atoms with Gasteiger partial charge >= 0.3 is 0 Å². The third-order valence-corrected chi connectivity index (χ3v) is 4.86. The van der Waals surface area contributed by atoms with Gasteiger partial charge in [-0.3, -0.25) is 14.5 Å². The van der Waals surface area contributed by atoms with Gasteiger partial charge in [-0.25, -0.2) is 4.39 Å². The Bertz CT molecular complexity index is 864. The maximum atomic E-state index is 13.6. The number of hydrogen-bond acceptors (Lipinski definition) is 3. The highest BCUT2D eigenvalue weighted by molar-refractivity contribution is 6.01. The van der Waals surface area contributed by atoms with E-state index in [1.54, 1.807) is 18.2 Å². The van der Waals surface area contributed by atoms with E-state index in [9.17, 15) is 14.0 Å². The first-order valence-electron chi connectivity index (χ1n) is 9.35. The number of likely N-dealkylation sites (tertiary alicyclic amines) is 1. The van der Waals surface area contributed by atoms with E-state index in [1.807, 2.05) is 24.3 Å². The highest BCUT2D eigenvalue weighted by atomic mass is 19.1. The van der Waals surface area contributed by atoms with Crippen LogP contribution >= 0.6 is 0 Å². The van der Waals surface area contributed by atoms with Crippen LogP contribution in [0.3, 0.4) is 0 Å². The molecule has 1 heterocycles. The summed E-state index contributed by atoms with van der Waals surface area (Å²) in [5.41, 5.74) is 7.56. The molecular weight excluding hydrogens is 357 g/mol. The van der Waals surface area contributed by atoms with Gasteiger partial charge in [-0.2, -0.15) is 0 Å². The number of nitrogens with one attached hydrogen (secondary N) is 1. The maximum Gasteiger partial charge on any atom is 0.248 e. The van der Waals surface area contributed by atoms with Gasteiger partial charge in [0.1, 0.15) is 5.82 Å². The number of primary amides is 1. The second-order valence-corrected chi connectivity index (χ2v) is 7.02. The van der Waals surface area contributed by atoms with Gasteiger partial charge in [0.25, 0.3) is 0 Å². The Morgan fingerprint density at radius 2 is 1.93 bits per heavy atom. The molecule has 0 saturated carbocycles.